The Morgan fingerprint density at radius 2 is 1.82 bits per heavy atom. The summed E-state index contributed by atoms with van der Waals surface area (Å²) in [4.78, 5) is 14.6. The highest BCUT2D eigenvalue weighted by Gasteiger charge is 2.08. The van der Waals surface area contributed by atoms with Crippen LogP contribution in [0.25, 0.3) is 0 Å². The molecule has 5 heteroatoms. The van der Waals surface area contributed by atoms with Gasteiger partial charge in [-0.3, -0.25) is 9.97 Å². The van der Waals surface area contributed by atoms with Crippen LogP contribution < -0.4 is 10.6 Å². The predicted molar refractivity (Wildman–Crippen MR) is 66.3 cm³/mol. The third-order valence-electron chi connectivity index (χ3n) is 2.48. The Balaban J connectivity index is 2.17. The maximum Gasteiger partial charge on any atom is 0.151 e. The highest BCUT2D eigenvalue weighted by molar-refractivity contribution is 5.42. The molecule has 5 nitrogen and oxygen atoms in total. The van der Waals surface area contributed by atoms with E-state index in [1.807, 2.05) is 24.1 Å². The molecule has 2 N–H and O–H groups in total. The first-order valence-corrected chi connectivity index (χ1v) is 5.41. The summed E-state index contributed by atoms with van der Waals surface area (Å²) in [6.07, 6.45) is 6.90. The number of nitrogens with zero attached hydrogens (tertiary/aromatic N) is 4. The van der Waals surface area contributed by atoms with E-state index in [2.05, 4.69) is 15.0 Å². The Labute approximate surface area is 100 Å². The lowest BCUT2D eigenvalue weighted by atomic mass is 10.2. The van der Waals surface area contributed by atoms with Crippen LogP contribution in [0, 0.1) is 0 Å². The second kappa shape index (κ2) is 5.36. The lowest BCUT2D eigenvalue weighted by molar-refractivity contribution is 0.851. The van der Waals surface area contributed by atoms with E-state index in [9.17, 15) is 0 Å². The monoisotopic (exact) mass is 229 g/mol. The normalized spacial score (nSPS) is 10.2. The van der Waals surface area contributed by atoms with Crippen LogP contribution >= 0.6 is 0 Å². The molecule has 0 unspecified atom stereocenters. The van der Waals surface area contributed by atoms with E-state index in [1.54, 1.807) is 24.8 Å². The van der Waals surface area contributed by atoms with Gasteiger partial charge in [-0.2, -0.15) is 0 Å². The zero-order valence-corrected chi connectivity index (χ0v) is 9.74. The van der Waals surface area contributed by atoms with Crippen molar-refractivity contribution in [1.82, 2.24) is 15.0 Å². The summed E-state index contributed by atoms with van der Waals surface area (Å²) < 4.78 is 0. The van der Waals surface area contributed by atoms with Gasteiger partial charge >= 0.3 is 0 Å². The van der Waals surface area contributed by atoms with Crippen LogP contribution in [0.2, 0.25) is 0 Å². The van der Waals surface area contributed by atoms with E-state index < -0.39 is 0 Å². The second-order valence-corrected chi connectivity index (χ2v) is 3.74. The van der Waals surface area contributed by atoms with Gasteiger partial charge in [0.15, 0.2) is 5.82 Å². The minimum atomic E-state index is 0.393. The quantitative estimate of drug-likeness (QED) is 0.846. The largest absolute Gasteiger partial charge is 0.354 e. The molecule has 0 aliphatic rings. The number of nitrogens with two attached hydrogens (primary N) is 1. The zero-order valence-electron chi connectivity index (χ0n) is 9.74. The SMILES string of the molecule is CN(Cc1ccncc1)c1nccnc1CN. The average molecular weight is 229 g/mol. The maximum atomic E-state index is 5.64. The summed E-state index contributed by atoms with van der Waals surface area (Å²) in [7, 11) is 1.98. The van der Waals surface area contributed by atoms with Crippen molar-refractivity contribution in [3.05, 3.63) is 48.2 Å². The first kappa shape index (κ1) is 11.5. The summed E-state index contributed by atoms with van der Waals surface area (Å²) in [5.41, 5.74) is 7.63. The molecule has 0 atom stereocenters. The van der Waals surface area contributed by atoms with Crippen molar-refractivity contribution in [1.29, 1.82) is 0 Å². The third-order valence-corrected chi connectivity index (χ3v) is 2.48. The fraction of sp³-hybridized carbons (Fsp3) is 0.250. The Morgan fingerprint density at radius 1 is 1.12 bits per heavy atom. The highest BCUT2D eigenvalue weighted by atomic mass is 15.2. The van der Waals surface area contributed by atoms with Gasteiger partial charge in [0, 0.05) is 44.9 Å². The molecule has 0 fully saturated rings. The first-order chi connectivity index (χ1) is 8.31. The van der Waals surface area contributed by atoms with Crippen LogP contribution in [-0.4, -0.2) is 22.0 Å². The number of rotatable bonds is 4. The molecule has 0 radical (unpaired) electrons. The first-order valence-electron chi connectivity index (χ1n) is 5.41. The molecule has 0 aliphatic heterocycles. The van der Waals surface area contributed by atoms with Gasteiger partial charge in [-0.1, -0.05) is 0 Å². The molecule has 0 amide bonds. The van der Waals surface area contributed by atoms with Crippen molar-refractivity contribution in [3.8, 4) is 0 Å². The van der Waals surface area contributed by atoms with E-state index in [-0.39, 0.29) is 0 Å². The molecule has 0 aromatic carbocycles. The van der Waals surface area contributed by atoms with Crippen LogP contribution in [-0.2, 0) is 13.1 Å². The summed E-state index contributed by atoms with van der Waals surface area (Å²) in [6, 6.07) is 3.96. The smallest absolute Gasteiger partial charge is 0.151 e. The van der Waals surface area contributed by atoms with E-state index in [1.165, 1.54) is 5.56 Å². The molecule has 0 saturated carbocycles. The third kappa shape index (κ3) is 2.76. The minimum Gasteiger partial charge on any atom is -0.354 e. The fourth-order valence-electron chi connectivity index (χ4n) is 1.66. The van der Waals surface area contributed by atoms with E-state index in [0.717, 1.165) is 18.1 Å². The van der Waals surface area contributed by atoms with Crippen LogP contribution in [0.5, 0.6) is 0 Å². The number of anilines is 1. The van der Waals surface area contributed by atoms with Gasteiger partial charge in [-0.05, 0) is 17.7 Å². The molecule has 2 aromatic heterocycles. The number of pyridine rings is 1. The van der Waals surface area contributed by atoms with Gasteiger partial charge in [-0.15, -0.1) is 0 Å². The van der Waals surface area contributed by atoms with E-state index in [4.69, 9.17) is 5.73 Å². The lowest BCUT2D eigenvalue weighted by Crippen LogP contribution is -2.21. The molecule has 0 spiro atoms. The van der Waals surface area contributed by atoms with Gasteiger partial charge in [0.2, 0.25) is 0 Å². The summed E-state index contributed by atoms with van der Waals surface area (Å²) in [6.45, 7) is 1.15. The number of aromatic nitrogens is 3. The minimum absolute atomic E-state index is 0.393. The van der Waals surface area contributed by atoms with E-state index in [0.29, 0.717) is 6.54 Å². The van der Waals surface area contributed by atoms with Gasteiger partial charge < -0.3 is 10.6 Å². The van der Waals surface area contributed by atoms with Gasteiger partial charge in [0.1, 0.15) is 0 Å². The summed E-state index contributed by atoms with van der Waals surface area (Å²) >= 11 is 0. The average Bonchev–Trinajstić information content (AvgIpc) is 2.40. The molecule has 2 heterocycles. The van der Waals surface area contributed by atoms with Crippen molar-refractivity contribution in [2.75, 3.05) is 11.9 Å². The molecule has 17 heavy (non-hydrogen) atoms. The molecule has 2 aromatic rings. The predicted octanol–water partition coefficient (Wildman–Crippen LogP) is 0.967. The summed E-state index contributed by atoms with van der Waals surface area (Å²) in [5.74, 6) is 0.826. The number of hydrogen-bond acceptors (Lipinski definition) is 5. The van der Waals surface area contributed by atoms with Gasteiger partial charge in [0.05, 0.1) is 5.69 Å². The molecule has 0 saturated heterocycles. The van der Waals surface area contributed by atoms with Crippen molar-refractivity contribution in [2.24, 2.45) is 5.73 Å². The van der Waals surface area contributed by atoms with Gasteiger partial charge in [0.25, 0.3) is 0 Å². The Morgan fingerprint density at radius 3 is 2.53 bits per heavy atom. The Hall–Kier alpha value is -2.01. The van der Waals surface area contributed by atoms with Crippen molar-refractivity contribution >= 4 is 5.82 Å². The molecular weight excluding hydrogens is 214 g/mol. The lowest BCUT2D eigenvalue weighted by Gasteiger charge is -2.19. The van der Waals surface area contributed by atoms with E-state index >= 15 is 0 Å². The second-order valence-electron chi connectivity index (χ2n) is 3.74. The molecule has 0 aliphatic carbocycles. The summed E-state index contributed by atoms with van der Waals surface area (Å²) in [5, 5.41) is 0. The van der Waals surface area contributed by atoms with Crippen molar-refractivity contribution in [3.63, 3.8) is 0 Å². The number of hydrogen-bond donors (Lipinski definition) is 1. The zero-order chi connectivity index (χ0) is 12.1. The molecular formula is C12H15N5. The van der Waals surface area contributed by atoms with Gasteiger partial charge in [-0.25, -0.2) is 4.98 Å². The molecule has 0 bridgehead atoms. The van der Waals surface area contributed by atoms with Crippen molar-refractivity contribution < 1.29 is 0 Å². The highest BCUT2D eigenvalue weighted by Crippen LogP contribution is 2.15. The van der Waals surface area contributed by atoms with Crippen LogP contribution in [0.4, 0.5) is 5.82 Å². The standard InChI is InChI=1S/C12H15N5/c1-17(9-10-2-4-14-5-3-10)12-11(8-13)15-6-7-16-12/h2-7H,8-9,13H2,1H3. The van der Waals surface area contributed by atoms with Crippen LogP contribution in [0.15, 0.2) is 36.9 Å². The van der Waals surface area contributed by atoms with Crippen molar-refractivity contribution in [2.45, 2.75) is 13.1 Å². The maximum absolute atomic E-state index is 5.64. The Bertz CT molecular complexity index is 471. The fourth-order valence-corrected chi connectivity index (χ4v) is 1.66. The van der Waals surface area contributed by atoms with Crippen LogP contribution in [0.1, 0.15) is 11.3 Å². The molecule has 2 rings (SSSR count). The molecule has 88 valence electrons. The van der Waals surface area contributed by atoms with Crippen LogP contribution in [0.3, 0.4) is 0 Å². The Kier molecular flexibility index (Phi) is 3.62. The topological polar surface area (TPSA) is 67.9 Å².